The van der Waals surface area contributed by atoms with E-state index in [0.29, 0.717) is 19.4 Å². The molecule has 4 rings (SSSR count). The van der Waals surface area contributed by atoms with Crippen LogP contribution in [0.1, 0.15) is 55.2 Å². The number of nitrogens with zero attached hydrogens (tertiary/aromatic N) is 2. The van der Waals surface area contributed by atoms with E-state index in [1.165, 1.54) is 29.5 Å². The molecule has 5 heteroatoms. The molecule has 0 aromatic heterocycles. The van der Waals surface area contributed by atoms with Gasteiger partial charge in [0.15, 0.2) is 0 Å². The third kappa shape index (κ3) is 5.39. The monoisotopic (exact) mass is 434 g/mol. The zero-order valence-electron chi connectivity index (χ0n) is 18.8. The molecule has 0 saturated carbocycles. The molecule has 0 bridgehead atoms. The van der Waals surface area contributed by atoms with E-state index >= 15 is 0 Å². The van der Waals surface area contributed by atoms with Crippen molar-refractivity contribution in [2.45, 2.75) is 63.5 Å². The van der Waals surface area contributed by atoms with Crippen LogP contribution < -0.4 is 0 Å². The third-order valence-electron chi connectivity index (χ3n) is 7.12. The second-order valence-corrected chi connectivity index (χ2v) is 9.35. The SMILES string of the molecule is O=C(O)CCCC(=O)N1Cc2ccccc2CC2(CCCCN2CCc2ccccc2)C1. The number of carboxylic acid groups (broad SMARTS) is 1. The lowest BCUT2D eigenvalue weighted by atomic mass is 9.80. The fraction of sp³-hybridized carbons (Fsp3) is 0.481. The van der Waals surface area contributed by atoms with Gasteiger partial charge in [0.2, 0.25) is 5.91 Å². The van der Waals surface area contributed by atoms with Crippen molar-refractivity contribution in [3.63, 3.8) is 0 Å². The summed E-state index contributed by atoms with van der Waals surface area (Å²) >= 11 is 0. The third-order valence-corrected chi connectivity index (χ3v) is 7.12. The molecule has 32 heavy (non-hydrogen) atoms. The Morgan fingerprint density at radius 1 is 0.938 bits per heavy atom. The van der Waals surface area contributed by atoms with E-state index in [2.05, 4.69) is 59.5 Å². The first kappa shape index (κ1) is 22.5. The van der Waals surface area contributed by atoms with Gasteiger partial charge >= 0.3 is 5.97 Å². The summed E-state index contributed by atoms with van der Waals surface area (Å²) < 4.78 is 0. The number of carbonyl (C=O) groups excluding carboxylic acids is 1. The quantitative estimate of drug-likeness (QED) is 0.706. The normalized spacial score (nSPS) is 21.2. The minimum absolute atomic E-state index is 0.0461. The summed E-state index contributed by atoms with van der Waals surface area (Å²) in [7, 11) is 0. The van der Waals surface area contributed by atoms with E-state index in [1.807, 2.05) is 4.90 Å². The van der Waals surface area contributed by atoms with Crippen LogP contribution in [0.15, 0.2) is 54.6 Å². The number of likely N-dealkylation sites (tertiary alicyclic amines) is 1. The van der Waals surface area contributed by atoms with Crippen molar-refractivity contribution in [3.8, 4) is 0 Å². The van der Waals surface area contributed by atoms with E-state index in [4.69, 9.17) is 5.11 Å². The molecule has 170 valence electrons. The Morgan fingerprint density at radius 3 is 2.47 bits per heavy atom. The predicted molar refractivity (Wildman–Crippen MR) is 125 cm³/mol. The number of amides is 1. The first-order valence-corrected chi connectivity index (χ1v) is 11.9. The number of piperidine rings is 1. The largest absolute Gasteiger partial charge is 0.481 e. The van der Waals surface area contributed by atoms with Gasteiger partial charge in [0.05, 0.1) is 0 Å². The molecule has 5 nitrogen and oxygen atoms in total. The highest BCUT2D eigenvalue weighted by Crippen LogP contribution is 2.36. The summed E-state index contributed by atoms with van der Waals surface area (Å²) in [5, 5.41) is 8.97. The molecule has 1 amide bonds. The maximum atomic E-state index is 13.2. The highest BCUT2D eigenvalue weighted by molar-refractivity contribution is 5.77. The first-order valence-electron chi connectivity index (χ1n) is 11.9. The van der Waals surface area contributed by atoms with Crippen LogP contribution >= 0.6 is 0 Å². The molecule has 0 aliphatic carbocycles. The molecular formula is C27H34N2O3. The molecule has 0 radical (unpaired) electrons. The first-order chi connectivity index (χ1) is 15.6. The lowest BCUT2D eigenvalue weighted by molar-refractivity contribution is -0.137. The van der Waals surface area contributed by atoms with Gasteiger partial charge in [-0.2, -0.15) is 0 Å². The second kappa shape index (κ2) is 10.3. The van der Waals surface area contributed by atoms with Crippen LogP contribution in [0, 0.1) is 0 Å². The minimum atomic E-state index is -0.838. The molecule has 1 spiro atoms. The Balaban J connectivity index is 1.57. The Kier molecular flexibility index (Phi) is 7.26. The van der Waals surface area contributed by atoms with Crippen LogP contribution in [0.2, 0.25) is 0 Å². The number of aliphatic carboxylic acids is 1. The van der Waals surface area contributed by atoms with Crippen LogP contribution in [0.5, 0.6) is 0 Å². The molecule has 2 aliphatic heterocycles. The molecule has 2 aromatic rings. The maximum Gasteiger partial charge on any atom is 0.303 e. The average Bonchev–Trinajstić information content (AvgIpc) is 2.96. The molecule has 2 aromatic carbocycles. The Hall–Kier alpha value is -2.66. The van der Waals surface area contributed by atoms with Gasteiger partial charge in [0.1, 0.15) is 0 Å². The zero-order chi connectivity index (χ0) is 22.4. The molecule has 1 saturated heterocycles. The molecule has 2 aliphatic rings. The minimum Gasteiger partial charge on any atom is -0.481 e. The molecule has 1 unspecified atom stereocenters. The van der Waals surface area contributed by atoms with E-state index in [1.54, 1.807) is 0 Å². The summed E-state index contributed by atoms with van der Waals surface area (Å²) in [5.74, 6) is -0.759. The topological polar surface area (TPSA) is 60.9 Å². The molecular weight excluding hydrogens is 400 g/mol. The van der Waals surface area contributed by atoms with Crippen molar-refractivity contribution in [2.75, 3.05) is 19.6 Å². The molecule has 1 atom stereocenters. The van der Waals surface area contributed by atoms with E-state index in [9.17, 15) is 9.59 Å². The molecule has 1 N–H and O–H groups in total. The number of hydrogen-bond acceptors (Lipinski definition) is 3. The summed E-state index contributed by atoms with van der Waals surface area (Å²) in [4.78, 5) is 28.7. The van der Waals surface area contributed by atoms with Crippen molar-refractivity contribution < 1.29 is 14.7 Å². The highest BCUT2D eigenvalue weighted by Gasteiger charge is 2.43. The predicted octanol–water partition coefficient (Wildman–Crippen LogP) is 4.29. The lowest BCUT2D eigenvalue weighted by Crippen LogP contribution is -2.59. The van der Waals surface area contributed by atoms with Crippen molar-refractivity contribution in [2.24, 2.45) is 0 Å². The van der Waals surface area contributed by atoms with E-state index < -0.39 is 5.97 Å². The van der Waals surface area contributed by atoms with Crippen LogP contribution in [0.3, 0.4) is 0 Å². The number of hydrogen-bond donors (Lipinski definition) is 1. The Morgan fingerprint density at radius 2 is 1.69 bits per heavy atom. The van der Waals surface area contributed by atoms with Crippen LogP contribution in [-0.4, -0.2) is 52.0 Å². The summed E-state index contributed by atoms with van der Waals surface area (Å²) in [6, 6.07) is 19.2. The van der Waals surface area contributed by atoms with Crippen LogP contribution in [0.4, 0.5) is 0 Å². The van der Waals surface area contributed by atoms with Gasteiger partial charge in [0, 0.05) is 38.0 Å². The number of carboxylic acids is 1. The maximum absolute atomic E-state index is 13.2. The van der Waals surface area contributed by atoms with Gasteiger partial charge < -0.3 is 10.0 Å². The smallest absolute Gasteiger partial charge is 0.303 e. The summed E-state index contributed by atoms with van der Waals surface area (Å²) in [6.45, 7) is 3.40. The second-order valence-electron chi connectivity index (χ2n) is 9.35. The van der Waals surface area contributed by atoms with Crippen LogP contribution in [-0.2, 0) is 29.0 Å². The standard InChI is InChI=1S/C27H34N2O3/c30-25(13-8-14-26(31)32)28-20-24-12-5-4-11-23(24)19-27(21-28)16-6-7-17-29(27)18-15-22-9-2-1-3-10-22/h1-5,9-12H,6-8,13-21H2,(H,31,32). The fourth-order valence-corrected chi connectivity index (χ4v) is 5.43. The van der Waals surface area contributed by atoms with Gasteiger partial charge in [-0.1, -0.05) is 61.0 Å². The van der Waals surface area contributed by atoms with Crippen molar-refractivity contribution in [1.29, 1.82) is 0 Å². The highest BCUT2D eigenvalue weighted by atomic mass is 16.4. The van der Waals surface area contributed by atoms with E-state index in [-0.39, 0.29) is 17.9 Å². The average molecular weight is 435 g/mol. The van der Waals surface area contributed by atoms with Gasteiger partial charge in [-0.15, -0.1) is 0 Å². The number of carbonyl (C=O) groups is 2. The van der Waals surface area contributed by atoms with Crippen molar-refractivity contribution >= 4 is 11.9 Å². The number of benzene rings is 2. The summed E-state index contributed by atoms with van der Waals surface area (Å²) in [6.07, 6.45) is 6.20. The van der Waals surface area contributed by atoms with Crippen molar-refractivity contribution in [1.82, 2.24) is 9.80 Å². The number of rotatable bonds is 7. The van der Waals surface area contributed by atoms with Gasteiger partial charge in [0.25, 0.3) is 0 Å². The zero-order valence-corrected chi connectivity index (χ0v) is 18.8. The van der Waals surface area contributed by atoms with Gasteiger partial charge in [-0.3, -0.25) is 14.5 Å². The van der Waals surface area contributed by atoms with Crippen LogP contribution in [0.25, 0.3) is 0 Å². The number of fused-ring (bicyclic) bond motifs is 1. The van der Waals surface area contributed by atoms with Crippen molar-refractivity contribution in [3.05, 3.63) is 71.3 Å². The van der Waals surface area contributed by atoms with E-state index in [0.717, 1.165) is 38.9 Å². The van der Waals surface area contributed by atoms with Gasteiger partial charge in [-0.05, 0) is 55.3 Å². The molecule has 2 heterocycles. The lowest BCUT2D eigenvalue weighted by Gasteiger charge is -2.49. The molecule has 1 fully saturated rings. The summed E-state index contributed by atoms with van der Waals surface area (Å²) in [5.41, 5.74) is 3.87. The van der Waals surface area contributed by atoms with Gasteiger partial charge in [-0.25, -0.2) is 0 Å². The fourth-order valence-electron chi connectivity index (χ4n) is 5.43. The Labute approximate surface area is 191 Å². The Bertz CT molecular complexity index is 930.